The van der Waals surface area contributed by atoms with E-state index in [4.69, 9.17) is 4.74 Å². The largest absolute Gasteiger partial charge is 0.497 e. The maximum absolute atomic E-state index is 12.7. The first-order valence-electron chi connectivity index (χ1n) is 9.40. The quantitative estimate of drug-likeness (QED) is 0.736. The van der Waals surface area contributed by atoms with Crippen LogP contribution in [0.25, 0.3) is 0 Å². The molecule has 2 heterocycles. The molecule has 3 rings (SSSR count). The molecule has 0 spiro atoms. The van der Waals surface area contributed by atoms with Crippen LogP contribution >= 0.6 is 0 Å². The van der Waals surface area contributed by atoms with E-state index in [2.05, 4.69) is 29.2 Å². The summed E-state index contributed by atoms with van der Waals surface area (Å²) < 4.78 is 5.27. The molecular weight excluding hydrogens is 316 g/mol. The Morgan fingerprint density at radius 3 is 2.84 bits per heavy atom. The molecule has 25 heavy (non-hydrogen) atoms. The molecule has 6 nitrogen and oxygen atoms in total. The number of nitrogens with one attached hydrogen (secondary N) is 3. The molecule has 1 amide bonds. The second-order valence-electron chi connectivity index (χ2n) is 7.04. The maximum atomic E-state index is 12.7. The molecule has 2 atom stereocenters. The Kier molecular flexibility index (Phi) is 6.15. The Morgan fingerprint density at radius 2 is 2.12 bits per heavy atom. The summed E-state index contributed by atoms with van der Waals surface area (Å²) in [5, 5.41) is 3.56. The fourth-order valence-electron chi connectivity index (χ4n) is 3.74. The zero-order valence-electron chi connectivity index (χ0n) is 15.3. The van der Waals surface area contributed by atoms with E-state index < -0.39 is 0 Å². The second-order valence-corrected chi connectivity index (χ2v) is 7.04. The van der Waals surface area contributed by atoms with Crippen molar-refractivity contribution < 1.29 is 9.53 Å². The number of amides is 1. The average Bonchev–Trinajstić information content (AvgIpc) is 3.11. The number of anilines is 1. The Balaban J connectivity index is 1.46. The molecule has 0 radical (unpaired) electrons. The molecule has 6 heteroatoms. The smallest absolute Gasteiger partial charge is 0.241 e. The van der Waals surface area contributed by atoms with Crippen molar-refractivity contribution >= 4 is 11.6 Å². The number of hydrazine groups is 1. The predicted octanol–water partition coefficient (Wildman–Crippen LogP) is 2.13. The van der Waals surface area contributed by atoms with Crippen molar-refractivity contribution in [2.24, 2.45) is 0 Å². The monoisotopic (exact) mass is 346 g/mol. The van der Waals surface area contributed by atoms with Gasteiger partial charge in [0.15, 0.2) is 0 Å². The van der Waals surface area contributed by atoms with E-state index in [1.54, 1.807) is 7.11 Å². The van der Waals surface area contributed by atoms with E-state index >= 15 is 0 Å². The SMILES string of the molecule is CCCC1CC(C(=O)N2CCC(Nc3cccc(OC)c3)CC2)NN1. The minimum absolute atomic E-state index is 0.0700. The molecule has 2 aliphatic heterocycles. The summed E-state index contributed by atoms with van der Waals surface area (Å²) in [7, 11) is 1.68. The van der Waals surface area contributed by atoms with Crippen LogP contribution in [-0.2, 0) is 4.79 Å². The number of likely N-dealkylation sites (tertiary alicyclic amines) is 1. The number of benzene rings is 1. The van der Waals surface area contributed by atoms with Gasteiger partial charge >= 0.3 is 0 Å². The molecule has 138 valence electrons. The number of hydrogen-bond donors (Lipinski definition) is 3. The lowest BCUT2D eigenvalue weighted by molar-refractivity contribution is -0.134. The van der Waals surface area contributed by atoms with Crippen molar-refractivity contribution in [3.05, 3.63) is 24.3 Å². The highest BCUT2D eigenvalue weighted by molar-refractivity contribution is 5.82. The van der Waals surface area contributed by atoms with Crippen LogP contribution in [-0.4, -0.2) is 49.1 Å². The third-order valence-electron chi connectivity index (χ3n) is 5.16. The molecule has 0 bridgehead atoms. The normalized spacial score (nSPS) is 24.3. The molecule has 2 aliphatic rings. The molecular formula is C19H30N4O2. The maximum Gasteiger partial charge on any atom is 0.241 e. The molecule has 1 aromatic rings. The van der Waals surface area contributed by atoms with Crippen molar-refractivity contribution in [3.8, 4) is 5.75 Å². The van der Waals surface area contributed by atoms with Crippen LogP contribution < -0.4 is 20.9 Å². The van der Waals surface area contributed by atoms with E-state index in [0.717, 1.165) is 56.6 Å². The van der Waals surface area contributed by atoms with Gasteiger partial charge < -0.3 is 15.0 Å². The topological polar surface area (TPSA) is 65.6 Å². The molecule has 0 aliphatic carbocycles. The molecule has 0 saturated carbocycles. The predicted molar refractivity (Wildman–Crippen MR) is 99.6 cm³/mol. The summed E-state index contributed by atoms with van der Waals surface area (Å²) in [6.07, 6.45) is 5.10. The zero-order valence-corrected chi connectivity index (χ0v) is 15.3. The number of rotatable bonds is 6. The van der Waals surface area contributed by atoms with Crippen molar-refractivity contribution in [1.82, 2.24) is 15.8 Å². The van der Waals surface area contributed by atoms with E-state index in [1.807, 2.05) is 23.1 Å². The van der Waals surface area contributed by atoms with Gasteiger partial charge in [0, 0.05) is 36.9 Å². The lowest BCUT2D eigenvalue weighted by atomic mass is 10.0. The van der Waals surface area contributed by atoms with Gasteiger partial charge in [-0.3, -0.25) is 10.2 Å². The van der Waals surface area contributed by atoms with Gasteiger partial charge in [-0.1, -0.05) is 19.4 Å². The number of ether oxygens (including phenoxy) is 1. The van der Waals surface area contributed by atoms with Crippen molar-refractivity contribution in [3.63, 3.8) is 0 Å². The summed E-state index contributed by atoms with van der Waals surface area (Å²) >= 11 is 0. The highest BCUT2D eigenvalue weighted by Crippen LogP contribution is 2.22. The van der Waals surface area contributed by atoms with Crippen molar-refractivity contribution in [1.29, 1.82) is 0 Å². The minimum atomic E-state index is -0.0700. The second kappa shape index (κ2) is 8.54. The Labute approximate surface area is 150 Å². The van der Waals surface area contributed by atoms with Crippen molar-refractivity contribution in [2.75, 3.05) is 25.5 Å². The van der Waals surface area contributed by atoms with E-state index in [9.17, 15) is 4.79 Å². The first-order chi connectivity index (χ1) is 12.2. The van der Waals surface area contributed by atoms with Crippen LogP contribution in [0.15, 0.2) is 24.3 Å². The summed E-state index contributed by atoms with van der Waals surface area (Å²) in [5.41, 5.74) is 7.52. The molecule has 1 aromatic carbocycles. The summed E-state index contributed by atoms with van der Waals surface area (Å²) in [5.74, 6) is 1.10. The third kappa shape index (κ3) is 4.64. The minimum Gasteiger partial charge on any atom is -0.497 e. The van der Waals surface area contributed by atoms with Crippen LogP contribution in [0.2, 0.25) is 0 Å². The van der Waals surface area contributed by atoms with Gasteiger partial charge in [0.1, 0.15) is 11.8 Å². The summed E-state index contributed by atoms with van der Waals surface area (Å²) in [4.78, 5) is 14.7. The highest BCUT2D eigenvalue weighted by atomic mass is 16.5. The Morgan fingerprint density at radius 1 is 1.32 bits per heavy atom. The van der Waals surface area contributed by atoms with Gasteiger partial charge in [0.25, 0.3) is 0 Å². The summed E-state index contributed by atoms with van der Waals surface area (Å²) in [6, 6.07) is 8.76. The van der Waals surface area contributed by atoms with Gasteiger partial charge in [-0.05, 0) is 37.8 Å². The molecule has 0 aromatic heterocycles. The van der Waals surface area contributed by atoms with Gasteiger partial charge in [-0.2, -0.15) is 0 Å². The van der Waals surface area contributed by atoms with Gasteiger partial charge in [-0.25, -0.2) is 5.43 Å². The Bertz CT molecular complexity index is 572. The number of carbonyl (C=O) groups is 1. The Hall–Kier alpha value is -1.79. The standard InChI is InChI=1S/C19H30N4O2/c1-3-5-16-13-18(22-21-16)19(24)23-10-8-14(9-11-23)20-15-6-4-7-17(12-15)25-2/h4,6-7,12,14,16,18,20-22H,3,5,8-11,13H2,1-2H3. The number of methoxy groups -OCH3 is 1. The zero-order chi connectivity index (χ0) is 17.6. The first-order valence-corrected chi connectivity index (χ1v) is 9.40. The fourth-order valence-corrected chi connectivity index (χ4v) is 3.74. The lowest BCUT2D eigenvalue weighted by Crippen LogP contribution is -2.49. The molecule has 2 saturated heterocycles. The van der Waals surface area contributed by atoms with Crippen LogP contribution in [0, 0.1) is 0 Å². The van der Waals surface area contributed by atoms with E-state index in [-0.39, 0.29) is 11.9 Å². The van der Waals surface area contributed by atoms with E-state index in [1.165, 1.54) is 0 Å². The van der Waals surface area contributed by atoms with Crippen LogP contribution in [0.1, 0.15) is 39.0 Å². The van der Waals surface area contributed by atoms with Crippen LogP contribution in [0.3, 0.4) is 0 Å². The first kappa shape index (κ1) is 18.0. The number of carbonyl (C=O) groups excluding carboxylic acids is 1. The van der Waals surface area contributed by atoms with Gasteiger partial charge in [-0.15, -0.1) is 0 Å². The van der Waals surface area contributed by atoms with E-state index in [0.29, 0.717) is 12.1 Å². The lowest BCUT2D eigenvalue weighted by Gasteiger charge is -2.34. The summed E-state index contributed by atoms with van der Waals surface area (Å²) in [6.45, 7) is 3.81. The van der Waals surface area contributed by atoms with Gasteiger partial charge in [0.05, 0.1) is 7.11 Å². The van der Waals surface area contributed by atoms with Crippen LogP contribution in [0.5, 0.6) is 5.75 Å². The van der Waals surface area contributed by atoms with Crippen molar-refractivity contribution in [2.45, 2.75) is 57.2 Å². The average molecular weight is 346 g/mol. The molecule has 2 unspecified atom stereocenters. The number of nitrogens with zero attached hydrogens (tertiary/aromatic N) is 1. The fraction of sp³-hybridized carbons (Fsp3) is 0.632. The molecule has 2 fully saturated rings. The number of hydrogen-bond acceptors (Lipinski definition) is 5. The van der Waals surface area contributed by atoms with Gasteiger partial charge in [0.2, 0.25) is 5.91 Å². The highest BCUT2D eigenvalue weighted by Gasteiger charge is 2.33. The molecule has 3 N–H and O–H groups in total. The number of piperidine rings is 1. The third-order valence-corrected chi connectivity index (χ3v) is 5.16. The van der Waals surface area contributed by atoms with Crippen LogP contribution in [0.4, 0.5) is 5.69 Å².